The molecule has 1 saturated heterocycles. The van der Waals surface area contributed by atoms with Gasteiger partial charge in [0.2, 0.25) is 0 Å². The fourth-order valence-corrected chi connectivity index (χ4v) is 2.71. The molecule has 8 nitrogen and oxygen atoms in total. The van der Waals surface area contributed by atoms with Crippen LogP contribution in [0.2, 0.25) is 0 Å². The average Bonchev–Trinajstić information content (AvgIpc) is 2.83. The molecule has 8 heteroatoms. The minimum atomic E-state index is -0.980. The number of carbonyl (C=O) groups excluding carboxylic acids is 1. The molecule has 0 aromatic carbocycles. The monoisotopic (exact) mass is 295 g/mol. The summed E-state index contributed by atoms with van der Waals surface area (Å²) in [5, 5.41) is 19.0. The Kier molecular flexibility index (Phi) is 4.77. The van der Waals surface area contributed by atoms with Gasteiger partial charge < -0.3 is 15.3 Å². The summed E-state index contributed by atoms with van der Waals surface area (Å²) in [6.45, 7) is 4.12. The lowest BCUT2D eigenvalue weighted by Gasteiger charge is -2.38. The summed E-state index contributed by atoms with van der Waals surface area (Å²) in [5.41, 5.74) is 0.543. The van der Waals surface area contributed by atoms with Gasteiger partial charge in [0.05, 0.1) is 12.7 Å². The van der Waals surface area contributed by atoms with E-state index in [0.717, 1.165) is 19.3 Å². The fraction of sp³-hybridized carbons (Fsp3) is 0.692. The van der Waals surface area contributed by atoms with Crippen molar-refractivity contribution in [2.24, 2.45) is 0 Å². The molecule has 1 aliphatic heterocycles. The summed E-state index contributed by atoms with van der Waals surface area (Å²) in [5.74, 6) is -0.980. The number of hydrogen-bond donors (Lipinski definition) is 2. The van der Waals surface area contributed by atoms with Crippen LogP contribution in [-0.4, -0.2) is 49.1 Å². The van der Waals surface area contributed by atoms with Crippen LogP contribution in [0.25, 0.3) is 0 Å². The topological polar surface area (TPSA) is 100 Å². The van der Waals surface area contributed by atoms with E-state index in [4.69, 9.17) is 5.11 Å². The van der Waals surface area contributed by atoms with Gasteiger partial charge in [-0.1, -0.05) is 5.21 Å². The average molecular weight is 295 g/mol. The number of rotatable bonds is 4. The number of hydrogen-bond acceptors (Lipinski definition) is 4. The first-order chi connectivity index (χ1) is 9.97. The van der Waals surface area contributed by atoms with Gasteiger partial charge in [0.15, 0.2) is 0 Å². The van der Waals surface area contributed by atoms with Crippen LogP contribution in [0.3, 0.4) is 0 Å². The molecule has 21 heavy (non-hydrogen) atoms. The Morgan fingerprint density at radius 2 is 2.05 bits per heavy atom. The molecule has 2 amide bonds. The maximum absolute atomic E-state index is 12.2. The second-order valence-corrected chi connectivity index (χ2v) is 5.50. The molecule has 0 spiro atoms. The largest absolute Gasteiger partial charge is 0.480 e. The Morgan fingerprint density at radius 3 is 2.67 bits per heavy atom. The second-order valence-electron chi connectivity index (χ2n) is 5.50. The van der Waals surface area contributed by atoms with Crippen molar-refractivity contribution in [3.05, 3.63) is 11.9 Å². The van der Waals surface area contributed by atoms with E-state index in [0.29, 0.717) is 5.69 Å². The molecule has 2 N–H and O–H groups in total. The zero-order valence-electron chi connectivity index (χ0n) is 12.3. The number of urea groups is 1. The summed E-state index contributed by atoms with van der Waals surface area (Å²) in [4.78, 5) is 24.7. The molecule has 1 aromatic heterocycles. The number of nitrogens with zero attached hydrogens (tertiary/aromatic N) is 4. The van der Waals surface area contributed by atoms with Crippen molar-refractivity contribution in [1.29, 1.82) is 0 Å². The molecule has 2 atom stereocenters. The lowest BCUT2D eigenvalue weighted by molar-refractivity contribution is -0.137. The maximum atomic E-state index is 12.2. The minimum Gasteiger partial charge on any atom is -0.480 e. The molecule has 0 radical (unpaired) electrons. The predicted molar refractivity (Wildman–Crippen MR) is 74.5 cm³/mol. The van der Waals surface area contributed by atoms with E-state index in [-0.39, 0.29) is 31.2 Å². The number of nitrogens with one attached hydrogen (secondary N) is 1. The standard InChI is InChI=1S/C13H21N5O3/c1-9-4-3-5-10(2)18(9)13(21)14-6-11-7-17(16-15-11)8-12(19)20/h7,9-10H,3-6,8H2,1-2H3,(H,14,21)(H,19,20). The van der Waals surface area contributed by atoms with Crippen LogP contribution < -0.4 is 5.32 Å². The third kappa shape index (κ3) is 3.93. The van der Waals surface area contributed by atoms with Crippen molar-refractivity contribution >= 4 is 12.0 Å². The molecular weight excluding hydrogens is 274 g/mol. The van der Waals surface area contributed by atoms with E-state index in [1.54, 1.807) is 0 Å². The van der Waals surface area contributed by atoms with Crippen LogP contribution in [-0.2, 0) is 17.9 Å². The van der Waals surface area contributed by atoms with E-state index >= 15 is 0 Å². The zero-order valence-corrected chi connectivity index (χ0v) is 12.3. The van der Waals surface area contributed by atoms with Crippen LogP contribution in [0.15, 0.2) is 6.20 Å². The lowest BCUT2D eigenvalue weighted by atomic mass is 9.98. The highest BCUT2D eigenvalue weighted by Gasteiger charge is 2.28. The summed E-state index contributed by atoms with van der Waals surface area (Å²) in [6, 6.07) is 0.357. The Bertz CT molecular complexity index is 506. The minimum absolute atomic E-state index is 0.109. The van der Waals surface area contributed by atoms with Crippen LogP contribution in [0, 0.1) is 0 Å². The number of carboxylic acid groups (broad SMARTS) is 1. The van der Waals surface area contributed by atoms with Crippen molar-refractivity contribution in [3.8, 4) is 0 Å². The van der Waals surface area contributed by atoms with Crippen molar-refractivity contribution in [2.45, 2.75) is 58.3 Å². The smallest absolute Gasteiger partial charge is 0.325 e. The highest BCUT2D eigenvalue weighted by molar-refractivity contribution is 5.75. The Hall–Kier alpha value is -2.12. The molecule has 0 saturated carbocycles. The Labute approximate surface area is 123 Å². The molecule has 2 rings (SSSR count). The summed E-state index contributed by atoms with van der Waals surface area (Å²) < 4.78 is 1.23. The van der Waals surface area contributed by atoms with E-state index < -0.39 is 5.97 Å². The Morgan fingerprint density at radius 1 is 1.38 bits per heavy atom. The van der Waals surface area contributed by atoms with Crippen LogP contribution >= 0.6 is 0 Å². The van der Waals surface area contributed by atoms with Gasteiger partial charge in [-0.3, -0.25) is 4.79 Å². The molecule has 0 aliphatic carbocycles. The van der Waals surface area contributed by atoms with Gasteiger partial charge >= 0.3 is 12.0 Å². The van der Waals surface area contributed by atoms with E-state index in [9.17, 15) is 9.59 Å². The highest BCUT2D eigenvalue weighted by atomic mass is 16.4. The van der Waals surface area contributed by atoms with Crippen molar-refractivity contribution in [1.82, 2.24) is 25.2 Å². The first-order valence-corrected chi connectivity index (χ1v) is 7.14. The number of amides is 2. The number of piperidine rings is 1. The van der Waals surface area contributed by atoms with E-state index in [2.05, 4.69) is 29.5 Å². The highest BCUT2D eigenvalue weighted by Crippen LogP contribution is 2.22. The maximum Gasteiger partial charge on any atom is 0.325 e. The number of carbonyl (C=O) groups is 2. The lowest BCUT2D eigenvalue weighted by Crippen LogP contribution is -2.51. The first-order valence-electron chi connectivity index (χ1n) is 7.14. The molecule has 1 aliphatic rings. The molecule has 0 bridgehead atoms. The molecular formula is C13H21N5O3. The molecule has 2 heterocycles. The SMILES string of the molecule is CC1CCCC(C)N1C(=O)NCc1cn(CC(=O)O)nn1. The van der Waals surface area contributed by atoms with Crippen LogP contribution in [0.5, 0.6) is 0 Å². The number of aromatic nitrogens is 3. The zero-order chi connectivity index (χ0) is 15.4. The number of likely N-dealkylation sites (tertiary alicyclic amines) is 1. The third-order valence-corrected chi connectivity index (χ3v) is 3.73. The predicted octanol–water partition coefficient (Wildman–Crippen LogP) is 0.835. The van der Waals surface area contributed by atoms with Crippen molar-refractivity contribution < 1.29 is 14.7 Å². The molecule has 116 valence electrons. The van der Waals surface area contributed by atoms with Gasteiger partial charge in [0.1, 0.15) is 12.2 Å². The van der Waals surface area contributed by atoms with Crippen molar-refractivity contribution in [3.63, 3.8) is 0 Å². The van der Waals surface area contributed by atoms with Gasteiger partial charge in [-0.15, -0.1) is 5.10 Å². The molecule has 2 unspecified atom stereocenters. The number of carboxylic acids is 1. The Balaban J connectivity index is 1.88. The van der Waals surface area contributed by atoms with Crippen LogP contribution in [0.1, 0.15) is 38.8 Å². The van der Waals surface area contributed by atoms with Crippen molar-refractivity contribution in [2.75, 3.05) is 0 Å². The summed E-state index contributed by atoms with van der Waals surface area (Å²) in [6.07, 6.45) is 4.71. The normalized spacial score (nSPS) is 22.1. The third-order valence-electron chi connectivity index (χ3n) is 3.73. The quantitative estimate of drug-likeness (QED) is 0.857. The van der Waals surface area contributed by atoms with E-state index in [1.165, 1.54) is 10.9 Å². The van der Waals surface area contributed by atoms with Gasteiger partial charge in [0, 0.05) is 12.1 Å². The second kappa shape index (κ2) is 6.55. The summed E-state index contributed by atoms with van der Waals surface area (Å²) in [7, 11) is 0. The van der Waals surface area contributed by atoms with Gasteiger partial charge in [0.25, 0.3) is 0 Å². The fourth-order valence-electron chi connectivity index (χ4n) is 2.71. The van der Waals surface area contributed by atoms with Gasteiger partial charge in [-0.25, -0.2) is 9.48 Å². The number of aliphatic carboxylic acids is 1. The first kappa shape index (κ1) is 15.3. The molecule has 1 aromatic rings. The van der Waals surface area contributed by atoms with E-state index in [1.807, 2.05) is 4.90 Å². The summed E-state index contributed by atoms with van der Waals surface area (Å²) >= 11 is 0. The molecule has 1 fully saturated rings. The van der Waals surface area contributed by atoms with Crippen LogP contribution in [0.4, 0.5) is 4.79 Å². The van der Waals surface area contributed by atoms with Gasteiger partial charge in [-0.2, -0.15) is 0 Å². The van der Waals surface area contributed by atoms with Gasteiger partial charge in [-0.05, 0) is 33.1 Å².